The van der Waals surface area contributed by atoms with Crippen LogP contribution in [0.2, 0.25) is 0 Å². The van der Waals surface area contributed by atoms with Crippen molar-refractivity contribution in [1.29, 1.82) is 5.26 Å². The van der Waals surface area contributed by atoms with Gasteiger partial charge in [0.2, 0.25) is 6.41 Å². The first-order valence-electron chi connectivity index (χ1n) is 17.8. The van der Waals surface area contributed by atoms with Gasteiger partial charge >= 0.3 is 6.09 Å². The topological polar surface area (TPSA) is 108 Å². The van der Waals surface area contributed by atoms with Crippen LogP contribution in [-0.2, 0) is 27.1 Å². The van der Waals surface area contributed by atoms with Gasteiger partial charge in [-0.3, -0.25) is 4.79 Å². The van der Waals surface area contributed by atoms with Gasteiger partial charge in [-0.15, -0.1) is 0 Å². The van der Waals surface area contributed by atoms with Gasteiger partial charge in [0.15, 0.2) is 0 Å². The molecule has 3 heterocycles. The number of nitrogens with one attached hydrogen (secondary N) is 1. The van der Waals surface area contributed by atoms with Gasteiger partial charge in [0.25, 0.3) is 0 Å². The van der Waals surface area contributed by atoms with Gasteiger partial charge in [-0.05, 0) is 81.7 Å². The fourth-order valence-electron chi connectivity index (χ4n) is 7.13. The van der Waals surface area contributed by atoms with Crippen molar-refractivity contribution in [3.8, 4) is 17.2 Å². The zero-order chi connectivity index (χ0) is 36.4. The minimum Gasteiger partial charge on any atom is -0.444 e. The van der Waals surface area contributed by atoms with E-state index in [-0.39, 0.29) is 11.7 Å². The molecule has 1 atom stereocenters. The lowest BCUT2D eigenvalue weighted by Crippen LogP contribution is -2.63. The van der Waals surface area contributed by atoms with Crippen molar-refractivity contribution in [2.45, 2.75) is 99.3 Å². The van der Waals surface area contributed by atoms with E-state index in [0.717, 1.165) is 72.5 Å². The molecular formula is C39H57N5O4S. The molecule has 0 bridgehead atoms. The summed E-state index contributed by atoms with van der Waals surface area (Å²) in [6.45, 7) is 19.9. The number of aromatic nitrogens is 1. The zero-order valence-corrected chi connectivity index (χ0v) is 31.9. The van der Waals surface area contributed by atoms with Crippen LogP contribution in [-0.4, -0.2) is 68.5 Å². The highest BCUT2D eigenvalue weighted by Crippen LogP contribution is 2.51. The monoisotopic (exact) mass is 691 g/mol. The van der Waals surface area contributed by atoms with E-state index >= 15 is 0 Å². The molecule has 10 heteroatoms. The fraction of sp³-hybridized carbons (Fsp3) is 0.564. The first-order valence-corrected chi connectivity index (χ1v) is 19.3. The van der Waals surface area contributed by atoms with Gasteiger partial charge in [-0.2, -0.15) is 5.26 Å². The van der Waals surface area contributed by atoms with Crippen LogP contribution in [0.15, 0.2) is 48.7 Å². The Bertz CT molecular complexity index is 1600. The lowest BCUT2D eigenvalue weighted by Gasteiger charge is -2.58. The van der Waals surface area contributed by atoms with Gasteiger partial charge in [0.05, 0.1) is 22.6 Å². The Kier molecular flexibility index (Phi) is 14.5. The molecule has 3 fully saturated rings. The van der Waals surface area contributed by atoms with Gasteiger partial charge in [0.1, 0.15) is 5.60 Å². The van der Waals surface area contributed by atoms with Crippen LogP contribution in [0.4, 0.5) is 4.79 Å². The second-order valence-corrected chi connectivity index (χ2v) is 15.3. The normalized spacial score (nSPS) is 17.8. The Morgan fingerprint density at radius 1 is 1.08 bits per heavy atom. The third-order valence-electron chi connectivity index (χ3n) is 9.04. The molecule has 268 valence electrons. The molecule has 3 aromatic rings. The summed E-state index contributed by atoms with van der Waals surface area (Å²) in [5.74, 6) is 0.853. The third-order valence-corrected chi connectivity index (χ3v) is 10.1. The molecule has 1 spiro atoms. The molecule has 2 aliphatic heterocycles. The Hall–Kier alpha value is -3.68. The second kappa shape index (κ2) is 17.8. The van der Waals surface area contributed by atoms with E-state index in [1.165, 1.54) is 12.8 Å². The number of carbonyl (C=O) groups is 2. The first kappa shape index (κ1) is 39.8. The maximum absolute atomic E-state index is 11.8. The number of hydrogen-bond acceptors (Lipinski definition) is 5. The molecule has 2 aromatic carbocycles. The standard InChI is InChI=1S/C23H24N4O2S.C12H21NO2.2C2H6/c1-30(29)26-9-7-20(8-10-26)27-15-22(19-4-2-3-17(11-19)13-24)21-6-5-18(12-23(21)27)14-25-16-28;1-9-5-12(6-9)7-13(8-12)10(14)15-11(2,3)4;2*1-2/h2-6,11-12,15-16,20H,7-10,14H2,1H3,(H,25,28);9H,5-8H2,1-4H3;2*1-2H3. The smallest absolute Gasteiger partial charge is 0.410 e. The summed E-state index contributed by atoms with van der Waals surface area (Å²) in [6, 6.07) is 16.5. The Balaban J connectivity index is 0.000000287. The van der Waals surface area contributed by atoms with Crippen LogP contribution in [0.1, 0.15) is 98.2 Å². The van der Waals surface area contributed by atoms with E-state index < -0.39 is 11.0 Å². The predicted octanol–water partition coefficient (Wildman–Crippen LogP) is 8.06. The van der Waals surface area contributed by atoms with E-state index in [0.29, 0.717) is 30.0 Å². The molecule has 6 rings (SSSR count). The number of benzene rings is 2. The summed E-state index contributed by atoms with van der Waals surface area (Å²) in [7, 11) is -0.934. The van der Waals surface area contributed by atoms with Crippen LogP contribution in [0.5, 0.6) is 0 Å². The maximum Gasteiger partial charge on any atom is 0.410 e. The number of nitrogens with zero attached hydrogens (tertiary/aromatic N) is 4. The fourth-order valence-corrected chi connectivity index (χ4v) is 7.85. The van der Waals surface area contributed by atoms with Crippen molar-refractivity contribution in [2.24, 2.45) is 11.3 Å². The van der Waals surface area contributed by atoms with E-state index in [2.05, 4.69) is 41.2 Å². The number of rotatable bonds is 6. The Morgan fingerprint density at radius 3 is 2.29 bits per heavy atom. The molecule has 1 aliphatic carbocycles. The van der Waals surface area contributed by atoms with Gasteiger partial charge in [-0.25, -0.2) is 13.3 Å². The lowest BCUT2D eigenvalue weighted by atomic mass is 9.58. The molecular weight excluding hydrogens is 635 g/mol. The van der Waals surface area contributed by atoms with Crippen LogP contribution < -0.4 is 5.32 Å². The van der Waals surface area contributed by atoms with Gasteiger partial charge in [-0.1, -0.05) is 58.9 Å². The highest BCUT2D eigenvalue weighted by molar-refractivity contribution is 7.81. The number of nitriles is 1. The average molecular weight is 692 g/mol. The number of hydrogen-bond donors (Lipinski definition) is 1. The SMILES string of the molecule is CC.CC.CC1CC2(C1)CN(C(=O)OC(C)(C)C)C2.CS(=O)N1CCC(n2cc(-c3cccc(C#N)c3)c3ccc(CNC=O)cc32)CC1. The molecule has 1 saturated carbocycles. The van der Waals surface area contributed by atoms with Crippen molar-refractivity contribution in [2.75, 3.05) is 32.4 Å². The summed E-state index contributed by atoms with van der Waals surface area (Å²) >= 11 is 0. The van der Waals surface area contributed by atoms with Crippen LogP contribution in [0.25, 0.3) is 22.0 Å². The lowest BCUT2D eigenvalue weighted by molar-refractivity contribution is -0.109. The van der Waals surface area contributed by atoms with E-state index in [4.69, 9.17) is 4.74 Å². The molecule has 9 nitrogen and oxygen atoms in total. The summed E-state index contributed by atoms with van der Waals surface area (Å²) < 4.78 is 21.5. The number of fused-ring (bicyclic) bond motifs is 1. The van der Waals surface area contributed by atoms with Crippen LogP contribution in [0.3, 0.4) is 0 Å². The summed E-state index contributed by atoms with van der Waals surface area (Å²) in [4.78, 5) is 24.2. The van der Waals surface area contributed by atoms with Gasteiger partial charge < -0.3 is 19.5 Å². The Morgan fingerprint density at radius 2 is 1.73 bits per heavy atom. The predicted molar refractivity (Wildman–Crippen MR) is 200 cm³/mol. The molecule has 2 saturated heterocycles. The van der Waals surface area contributed by atoms with Crippen molar-refractivity contribution in [3.05, 3.63) is 59.8 Å². The molecule has 1 unspecified atom stereocenters. The van der Waals surface area contributed by atoms with Crippen molar-refractivity contribution in [1.82, 2.24) is 19.1 Å². The molecule has 49 heavy (non-hydrogen) atoms. The molecule has 1 aromatic heterocycles. The number of likely N-dealkylation sites (tertiary alicyclic amines) is 1. The Labute approximate surface area is 296 Å². The number of ether oxygens (including phenoxy) is 1. The van der Waals surface area contributed by atoms with Crippen molar-refractivity contribution < 1.29 is 18.5 Å². The summed E-state index contributed by atoms with van der Waals surface area (Å²) in [5.41, 5.74) is 5.01. The van der Waals surface area contributed by atoms with Crippen molar-refractivity contribution >= 4 is 34.4 Å². The van der Waals surface area contributed by atoms with Gasteiger partial charge in [0, 0.05) is 73.1 Å². The third kappa shape index (κ3) is 10.2. The van der Waals surface area contributed by atoms with E-state index in [9.17, 15) is 19.1 Å². The van der Waals surface area contributed by atoms with E-state index in [1.54, 1.807) is 6.26 Å². The molecule has 2 amide bonds. The second-order valence-electron chi connectivity index (χ2n) is 13.9. The largest absolute Gasteiger partial charge is 0.444 e. The van der Waals surface area contributed by atoms with Crippen LogP contribution >= 0.6 is 0 Å². The number of piperidine rings is 1. The minimum absolute atomic E-state index is 0.146. The quantitative estimate of drug-likeness (QED) is 0.263. The minimum atomic E-state index is -0.934. The first-order chi connectivity index (χ1) is 23.4. The van der Waals surface area contributed by atoms with E-state index in [1.807, 2.05) is 88.0 Å². The summed E-state index contributed by atoms with van der Waals surface area (Å²) in [6.07, 6.45) is 8.91. The number of carbonyl (C=O) groups excluding carboxylic acids is 2. The maximum atomic E-state index is 11.8. The summed E-state index contributed by atoms with van der Waals surface area (Å²) in [5, 5.41) is 13.2. The number of amides is 2. The highest BCUT2D eigenvalue weighted by atomic mass is 32.2. The highest BCUT2D eigenvalue weighted by Gasteiger charge is 2.52. The average Bonchev–Trinajstić information content (AvgIpc) is 3.45. The van der Waals surface area contributed by atoms with Crippen molar-refractivity contribution in [3.63, 3.8) is 0 Å². The van der Waals surface area contributed by atoms with Crippen LogP contribution in [0, 0.1) is 22.7 Å². The molecule has 0 radical (unpaired) electrons. The molecule has 3 aliphatic rings. The zero-order valence-electron chi connectivity index (χ0n) is 31.0. The molecule has 1 N–H and O–H groups in total.